The van der Waals surface area contributed by atoms with Crippen molar-refractivity contribution in [3.05, 3.63) is 34.9 Å². The number of rotatable bonds is 3. The van der Waals surface area contributed by atoms with Gasteiger partial charge in [-0.15, -0.1) is 0 Å². The van der Waals surface area contributed by atoms with Gasteiger partial charge < -0.3 is 18.1 Å². The standard InChI is InChI=1S/C18H20BClF3O3/c1-17-10-8-13(19(21,22)23)15(18(17,26)9-2-3-14(17)24)16(25)11-4-6-12(20)7-5-11/h4-7,13,15,26H,2-3,8-10H2,1H3/q-1/t13-,15-,17-,18+/m1/s1. The molecule has 2 aliphatic carbocycles. The lowest BCUT2D eigenvalue weighted by molar-refractivity contribution is -0.175. The maximum Gasteiger partial charge on any atom is 0.482 e. The molecule has 0 aliphatic heterocycles. The average Bonchev–Trinajstić information content (AvgIpc) is 2.55. The highest BCUT2D eigenvalue weighted by Gasteiger charge is 2.65. The number of benzene rings is 1. The van der Waals surface area contributed by atoms with Crippen molar-refractivity contribution in [2.24, 2.45) is 11.3 Å². The van der Waals surface area contributed by atoms with E-state index in [1.807, 2.05) is 0 Å². The Kier molecular flexibility index (Phi) is 4.76. The fraction of sp³-hybridized carbons (Fsp3) is 0.556. The van der Waals surface area contributed by atoms with Crippen molar-refractivity contribution in [1.29, 1.82) is 0 Å². The van der Waals surface area contributed by atoms with E-state index < -0.39 is 35.5 Å². The molecule has 0 aromatic heterocycles. The first-order valence-electron chi connectivity index (χ1n) is 8.76. The molecule has 4 atom stereocenters. The van der Waals surface area contributed by atoms with E-state index in [1.54, 1.807) is 0 Å². The van der Waals surface area contributed by atoms with E-state index in [1.165, 1.54) is 31.2 Å². The van der Waals surface area contributed by atoms with Crippen molar-refractivity contribution < 1.29 is 27.6 Å². The number of carbonyl (C=O) groups excluding carboxylic acids is 2. The molecule has 2 aliphatic rings. The predicted octanol–water partition coefficient (Wildman–Crippen LogP) is 4.64. The van der Waals surface area contributed by atoms with Crippen molar-refractivity contribution in [2.45, 2.75) is 50.4 Å². The van der Waals surface area contributed by atoms with Gasteiger partial charge in [-0.3, -0.25) is 9.59 Å². The second-order valence-electron chi connectivity index (χ2n) is 7.71. The first-order chi connectivity index (χ1) is 12.0. The van der Waals surface area contributed by atoms with Gasteiger partial charge in [0.25, 0.3) is 0 Å². The highest BCUT2D eigenvalue weighted by molar-refractivity contribution is 6.60. The second kappa shape index (κ2) is 6.38. The molecule has 0 amide bonds. The summed E-state index contributed by atoms with van der Waals surface area (Å²) in [5.74, 6) is -4.61. The van der Waals surface area contributed by atoms with Crippen LogP contribution in [-0.4, -0.2) is 29.3 Å². The minimum absolute atomic E-state index is 0.0158. The molecule has 26 heavy (non-hydrogen) atoms. The summed E-state index contributed by atoms with van der Waals surface area (Å²) < 4.78 is 41.3. The van der Waals surface area contributed by atoms with Crippen LogP contribution < -0.4 is 0 Å². The summed E-state index contributed by atoms with van der Waals surface area (Å²) in [5.41, 5.74) is -3.24. The summed E-state index contributed by atoms with van der Waals surface area (Å²) in [5, 5.41) is 11.7. The third-order valence-electron chi connectivity index (χ3n) is 6.35. The zero-order valence-corrected chi connectivity index (χ0v) is 15.1. The Bertz CT molecular complexity index is 736. The molecule has 2 saturated carbocycles. The summed E-state index contributed by atoms with van der Waals surface area (Å²) in [6, 6.07) is 5.59. The van der Waals surface area contributed by atoms with Gasteiger partial charge in [0.05, 0.1) is 11.0 Å². The van der Waals surface area contributed by atoms with Crippen molar-refractivity contribution in [3.8, 4) is 0 Å². The van der Waals surface area contributed by atoms with Gasteiger partial charge in [-0.25, -0.2) is 0 Å². The van der Waals surface area contributed by atoms with Gasteiger partial charge in [0.1, 0.15) is 5.78 Å². The minimum atomic E-state index is -5.35. The van der Waals surface area contributed by atoms with Crippen LogP contribution in [0.3, 0.4) is 0 Å². The molecule has 0 radical (unpaired) electrons. The third-order valence-corrected chi connectivity index (χ3v) is 6.60. The molecule has 8 heteroatoms. The predicted molar refractivity (Wildman–Crippen MR) is 93.2 cm³/mol. The lowest BCUT2D eigenvalue weighted by Crippen LogP contribution is -2.65. The third kappa shape index (κ3) is 2.89. The van der Waals surface area contributed by atoms with Gasteiger partial charge in [-0.1, -0.05) is 23.8 Å². The Morgan fingerprint density at radius 3 is 2.42 bits per heavy atom. The molecule has 0 unspecified atom stereocenters. The molecule has 1 aromatic carbocycles. The van der Waals surface area contributed by atoms with Gasteiger partial charge in [0.2, 0.25) is 0 Å². The van der Waals surface area contributed by atoms with E-state index in [4.69, 9.17) is 11.6 Å². The minimum Gasteiger partial charge on any atom is -0.449 e. The van der Waals surface area contributed by atoms with Crippen LogP contribution in [0.2, 0.25) is 10.8 Å². The van der Waals surface area contributed by atoms with Crippen LogP contribution in [-0.2, 0) is 4.79 Å². The summed E-state index contributed by atoms with van der Waals surface area (Å²) in [7, 11) is 0. The Morgan fingerprint density at radius 1 is 1.23 bits per heavy atom. The number of fused-ring (bicyclic) bond motifs is 1. The molecule has 0 spiro atoms. The Balaban J connectivity index is 2.12. The van der Waals surface area contributed by atoms with E-state index in [-0.39, 0.29) is 43.5 Å². The normalized spacial score (nSPS) is 35.1. The maximum atomic E-state index is 13.8. The van der Waals surface area contributed by atoms with E-state index in [2.05, 4.69) is 0 Å². The molecule has 1 aromatic rings. The van der Waals surface area contributed by atoms with Crippen LogP contribution >= 0.6 is 11.6 Å². The number of hydrogen-bond donors (Lipinski definition) is 1. The van der Waals surface area contributed by atoms with Crippen molar-refractivity contribution in [3.63, 3.8) is 0 Å². The quantitative estimate of drug-likeness (QED) is 0.607. The molecule has 0 bridgehead atoms. The topological polar surface area (TPSA) is 54.4 Å². The Labute approximate surface area is 155 Å². The molecule has 0 saturated heterocycles. The average molecular weight is 388 g/mol. The summed E-state index contributed by atoms with van der Waals surface area (Å²) in [6.45, 7) is -3.84. The monoisotopic (exact) mass is 387 g/mol. The van der Waals surface area contributed by atoms with Crippen LogP contribution in [0.15, 0.2) is 24.3 Å². The smallest absolute Gasteiger partial charge is 0.449 e. The Hall–Kier alpha value is -1.34. The zero-order chi connectivity index (χ0) is 19.3. The van der Waals surface area contributed by atoms with E-state index >= 15 is 0 Å². The number of Topliss-reactive ketones (excluding diaryl/α,β-unsaturated/α-hetero) is 2. The number of ketones is 2. The van der Waals surface area contributed by atoms with Crippen LogP contribution in [0.5, 0.6) is 0 Å². The SMILES string of the molecule is C[C@]12CC[C@@H]([B-](F)(F)F)[C@H](C(=O)c3ccc(Cl)cc3)[C@@]1(O)CCCC2=O. The molecule has 2 fully saturated rings. The fourth-order valence-electron chi connectivity index (χ4n) is 4.75. The summed E-state index contributed by atoms with van der Waals surface area (Å²) in [4.78, 5) is 25.6. The van der Waals surface area contributed by atoms with Gasteiger partial charge in [0, 0.05) is 22.9 Å². The summed E-state index contributed by atoms with van der Waals surface area (Å²) in [6.07, 6.45) is 0.147. The molecular formula is C18H20BClF3O3-. The molecule has 3 rings (SSSR count). The molecule has 1 N–H and O–H groups in total. The van der Waals surface area contributed by atoms with E-state index in [0.717, 1.165) is 0 Å². The van der Waals surface area contributed by atoms with Crippen LogP contribution in [0.1, 0.15) is 49.4 Å². The van der Waals surface area contributed by atoms with Crippen LogP contribution in [0.25, 0.3) is 0 Å². The Morgan fingerprint density at radius 2 is 1.85 bits per heavy atom. The molecular weight excluding hydrogens is 367 g/mol. The first-order valence-corrected chi connectivity index (χ1v) is 9.14. The number of halogens is 4. The molecule has 3 nitrogen and oxygen atoms in total. The van der Waals surface area contributed by atoms with Gasteiger partial charge in [-0.05, 0) is 50.5 Å². The lowest BCUT2D eigenvalue weighted by Gasteiger charge is -2.58. The highest BCUT2D eigenvalue weighted by Crippen LogP contribution is 2.60. The van der Waals surface area contributed by atoms with Crippen molar-refractivity contribution in [1.82, 2.24) is 0 Å². The van der Waals surface area contributed by atoms with Gasteiger partial charge >= 0.3 is 6.98 Å². The number of carbonyl (C=O) groups is 2. The molecule has 142 valence electrons. The van der Waals surface area contributed by atoms with Gasteiger partial charge in [0.15, 0.2) is 5.78 Å². The first kappa shape index (κ1) is 19.4. The number of hydrogen-bond acceptors (Lipinski definition) is 3. The van der Waals surface area contributed by atoms with Crippen LogP contribution in [0, 0.1) is 11.3 Å². The van der Waals surface area contributed by atoms with E-state index in [9.17, 15) is 27.6 Å². The van der Waals surface area contributed by atoms with Gasteiger partial charge in [-0.2, -0.15) is 0 Å². The van der Waals surface area contributed by atoms with Crippen molar-refractivity contribution >= 4 is 30.1 Å². The second-order valence-corrected chi connectivity index (χ2v) is 8.15. The number of aliphatic hydroxyl groups is 1. The molecule has 0 heterocycles. The maximum absolute atomic E-state index is 13.8. The zero-order valence-electron chi connectivity index (χ0n) is 14.4. The highest BCUT2D eigenvalue weighted by atomic mass is 35.5. The summed E-state index contributed by atoms with van der Waals surface area (Å²) >= 11 is 5.80. The van der Waals surface area contributed by atoms with Crippen LogP contribution in [0.4, 0.5) is 12.9 Å². The van der Waals surface area contributed by atoms with E-state index in [0.29, 0.717) is 5.02 Å². The largest absolute Gasteiger partial charge is 0.482 e. The lowest BCUT2D eigenvalue weighted by atomic mass is 9.44. The fourth-order valence-corrected chi connectivity index (χ4v) is 4.88. The van der Waals surface area contributed by atoms with Crippen molar-refractivity contribution in [2.75, 3.05) is 0 Å².